The molecule has 0 aromatic carbocycles. The molecule has 1 aliphatic carbocycles. The van der Waals surface area contributed by atoms with Gasteiger partial charge in [0, 0.05) is 11.4 Å². The van der Waals surface area contributed by atoms with E-state index in [9.17, 15) is 0 Å². The van der Waals surface area contributed by atoms with Crippen molar-refractivity contribution in [2.75, 3.05) is 6.54 Å². The Kier molecular flexibility index (Phi) is 7.22. The normalized spacial score (nSPS) is 15.9. The third-order valence-electron chi connectivity index (χ3n) is 3.60. The predicted octanol–water partition coefficient (Wildman–Crippen LogP) is 3.40. The van der Waals surface area contributed by atoms with Crippen molar-refractivity contribution >= 4 is 41.3 Å². The average molecular weight is 408 g/mol. The highest BCUT2D eigenvalue weighted by Gasteiger charge is 2.16. The van der Waals surface area contributed by atoms with Gasteiger partial charge in [-0.05, 0) is 31.6 Å². The topological polar surface area (TPSA) is 63.3 Å². The van der Waals surface area contributed by atoms with E-state index in [1.807, 2.05) is 0 Å². The summed E-state index contributed by atoms with van der Waals surface area (Å²) in [5, 5.41) is 4.25. The minimum Gasteiger partial charge on any atom is -0.370 e. The first kappa shape index (κ1) is 17.7. The van der Waals surface area contributed by atoms with Gasteiger partial charge >= 0.3 is 0 Å². The number of halogens is 1. The number of guanidine groups is 1. The van der Waals surface area contributed by atoms with Gasteiger partial charge in [0.1, 0.15) is 5.01 Å². The maximum absolute atomic E-state index is 5.87. The fourth-order valence-corrected chi connectivity index (χ4v) is 3.24. The minimum atomic E-state index is 0. The van der Waals surface area contributed by atoms with Gasteiger partial charge in [0.15, 0.2) is 5.96 Å². The van der Waals surface area contributed by atoms with E-state index in [1.54, 1.807) is 11.3 Å². The Bertz CT molecular complexity index is 452. The molecule has 6 heteroatoms. The van der Waals surface area contributed by atoms with Crippen LogP contribution in [0, 0.1) is 12.8 Å². The first-order chi connectivity index (χ1) is 9.06. The van der Waals surface area contributed by atoms with Crippen molar-refractivity contribution in [1.82, 2.24) is 10.3 Å². The standard InChI is InChI=1S/C14H24N4S.HI/c1-9(2)13-10(3)19-12(18-13)8-17-14(15)16-7-11-5-4-6-11;/h9,11H,4-8H2,1-3H3,(H3,15,16,17);1H. The molecule has 0 unspecified atom stereocenters. The molecule has 1 aliphatic rings. The molecule has 114 valence electrons. The second-order valence-corrected chi connectivity index (χ2v) is 6.87. The third-order valence-corrected chi connectivity index (χ3v) is 4.58. The van der Waals surface area contributed by atoms with Crippen LogP contribution in [0.1, 0.15) is 54.6 Å². The smallest absolute Gasteiger partial charge is 0.189 e. The number of rotatable bonds is 5. The molecule has 0 radical (unpaired) electrons. The lowest BCUT2D eigenvalue weighted by Crippen LogP contribution is -2.37. The quantitative estimate of drug-likeness (QED) is 0.446. The largest absolute Gasteiger partial charge is 0.370 e. The number of aliphatic imine (C=N–C) groups is 1. The highest BCUT2D eigenvalue weighted by molar-refractivity contribution is 14.0. The maximum Gasteiger partial charge on any atom is 0.189 e. The molecule has 0 atom stereocenters. The van der Waals surface area contributed by atoms with E-state index in [1.165, 1.54) is 29.8 Å². The zero-order valence-corrected chi connectivity index (χ0v) is 15.6. The molecule has 4 nitrogen and oxygen atoms in total. The molecule has 1 aromatic heterocycles. The molecule has 1 heterocycles. The van der Waals surface area contributed by atoms with Crippen LogP contribution in [0.15, 0.2) is 4.99 Å². The average Bonchev–Trinajstić information content (AvgIpc) is 2.66. The molecule has 0 spiro atoms. The first-order valence-corrected chi connectivity index (χ1v) is 7.88. The molecule has 1 aromatic rings. The molecule has 0 aliphatic heterocycles. The molecule has 0 amide bonds. The Balaban J connectivity index is 0.00000200. The Morgan fingerprint density at radius 3 is 2.70 bits per heavy atom. The van der Waals surface area contributed by atoms with Crippen LogP contribution in [0.3, 0.4) is 0 Å². The number of nitrogens with one attached hydrogen (secondary N) is 1. The Labute approximate surface area is 142 Å². The van der Waals surface area contributed by atoms with Crippen molar-refractivity contribution in [2.24, 2.45) is 16.6 Å². The monoisotopic (exact) mass is 408 g/mol. The van der Waals surface area contributed by atoms with Gasteiger partial charge in [0.2, 0.25) is 0 Å². The molecule has 0 saturated heterocycles. The lowest BCUT2D eigenvalue weighted by molar-refractivity contribution is 0.315. The molecule has 1 fully saturated rings. The van der Waals surface area contributed by atoms with Crippen molar-refractivity contribution in [3.8, 4) is 0 Å². The summed E-state index contributed by atoms with van der Waals surface area (Å²) in [6.45, 7) is 8.01. The van der Waals surface area contributed by atoms with E-state index in [2.05, 4.69) is 36.1 Å². The molecule has 1 saturated carbocycles. The fourth-order valence-electron chi connectivity index (χ4n) is 2.22. The van der Waals surface area contributed by atoms with Gasteiger partial charge in [-0.25, -0.2) is 9.98 Å². The van der Waals surface area contributed by atoms with Gasteiger partial charge in [-0.15, -0.1) is 35.3 Å². The van der Waals surface area contributed by atoms with Crippen molar-refractivity contribution in [1.29, 1.82) is 0 Å². The maximum atomic E-state index is 5.87. The number of nitrogens with two attached hydrogens (primary N) is 1. The summed E-state index contributed by atoms with van der Waals surface area (Å²) >= 11 is 1.72. The number of thiazole rings is 1. The number of nitrogens with zero attached hydrogens (tertiary/aromatic N) is 2. The fraction of sp³-hybridized carbons (Fsp3) is 0.714. The van der Waals surface area contributed by atoms with E-state index >= 15 is 0 Å². The van der Waals surface area contributed by atoms with Crippen LogP contribution >= 0.6 is 35.3 Å². The van der Waals surface area contributed by atoms with Crippen LogP contribution in [-0.4, -0.2) is 17.5 Å². The van der Waals surface area contributed by atoms with E-state index < -0.39 is 0 Å². The van der Waals surface area contributed by atoms with Gasteiger partial charge in [-0.3, -0.25) is 0 Å². The zero-order chi connectivity index (χ0) is 13.8. The van der Waals surface area contributed by atoms with E-state index in [-0.39, 0.29) is 24.0 Å². The van der Waals surface area contributed by atoms with Crippen molar-refractivity contribution in [3.05, 3.63) is 15.6 Å². The molecular weight excluding hydrogens is 383 g/mol. The van der Waals surface area contributed by atoms with Crippen LogP contribution < -0.4 is 11.1 Å². The summed E-state index contributed by atoms with van der Waals surface area (Å²) in [5.74, 6) is 1.82. The zero-order valence-electron chi connectivity index (χ0n) is 12.5. The summed E-state index contributed by atoms with van der Waals surface area (Å²) in [7, 11) is 0. The molecular formula is C14H25IN4S. The van der Waals surface area contributed by atoms with Crippen LogP contribution in [0.5, 0.6) is 0 Å². The summed E-state index contributed by atoms with van der Waals surface area (Å²) in [6.07, 6.45) is 4.01. The highest BCUT2D eigenvalue weighted by Crippen LogP contribution is 2.25. The summed E-state index contributed by atoms with van der Waals surface area (Å²) < 4.78 is 0. The van der Waals surface area contributed by atoms with E-state index in [0.717, 1.165) is 17.5 Å². The molecule has 3 N–H and O–H groups in total. The number of aryl methyl sites for hydroxylation is 1. The third kappa shape index (κ3) is 4.87. The van der Waals surface area contributed by atoms with Gasteiger partial charge in [-0.2, -0.15) is 0 Å². The molecule has 20 heavy (non-hydrogen) atoms. The number of hydrogen-bond acceptors (Lipinski definition) is 3. The van der Waals surface area contributed by atoms with Crippen LogP contribution in [-0.2, 0) is 6.54 Å². The van der Waals surface area contributed by atoms with Gasteiger partial charge < -0.3 is 11.1 Å². The van der Waals surface area contributed by atoms with Crippen molar-refractivity contribution < 1.29 is 0 Å². The van der Waals surface area contributed by atoms with Crippen molar-refractivity contribution in [3.63, 3.8) is 0 Å². The second kappa shape index (κ2) is 8.17. The first-order valence-electron chi connectivity index (χ1n) is 7.06. The molecule has 0 bridgehead atoms. The predicted molar refractivity (Wildman–Crippen MR) is 97.0 cm³/mol. The van der Waals surface area contributed by atoms with Gasteiger partial charge in [0.25, 0.3) is 0 Å². The lowest BCUT2D eigenvalue weighted by atomic mass is 9.85. The summed E-state index contributed by atoms with van der Waals surface area (Å²) in [5.41, 5.74) is 7.06. The van der Waals surface area contributed by atoms with Crippen LogP contribution in [0.4, 0.5) is 0 Å². The SMILES string of the molecule is Cc1sc(CN=C(N)NCC2CCC2)nc1C(C)C.I. The van der Waals surface area contributed by atoms with E-state index in [4.69, 9.17) is 5.73 Å². The van der Waals surface area contributed by atoms with Gasteiger partial charge in [0.05, 0.1) is 12.2 Å². The highest BCUT2D eigenvalue weighted by atomic mass is 127. The molecule has 2 rings (SSSR count). The summed E-state index contributed by atoms with van der Waals surface area (Å²) in [4.78, 5) is 10.3. The Morgan fingerprint density at radius 2 is 2.20 bits per heavy atom. The van der Waals surface area contributed by atoms with Crippen LogP contribution in [0.25, 0.3) is 0 Å². The summed E-state index contributed by atoms with van der Waals surface area (Å²) in [6, 6.07) is 0. The van der Waals surface area contributed by atoms with Gasteiger partial charge in [-0.1, -0.05) is 20.3 Å². The number of aromatic nitrogens is 1. The lowest BCUT2D eigenvalue weighted by Gasteiger charge is -2.25. The second-order valence-electron chi connectivity index (χ2n) is 5.58. The Hall–Kier alpha value is -0.370. The Morgan fingerprint density at radius 1 is 1.50 bits per heavy atom. The van der Waals surface area contributed by atoms with Crippen molar-refractivity contribution in [2.45, 2.75) is 52.5 Å². The minimum absolute atomic E-state index is 0. The number of hydrogen-bond donors (Lipinski definition) is 2. The van der Waals surface area contributed by atoms with Crippen LogP contribution in [0.2, 0.25) is 0 Å². The van der Waals surface area contributed by atoms with E-state index in [0.29, 0.717) is 18.4 Å².